The number of hydrogen-bond donors (Lipinski definition) is 2. The van der Waals surface area contributed by atoms with Crippen molar-refractivity contribution in [2.24, 2.45) is 0 Å². The summed E-state index contributed by atoms with van der Waals surface area (Å²) in [7, 11) is 0. The van der Waals surface area contributed by atoms with Crippen molar-refractivity contribution in [1.82, 2.24) is 10.3 Å². The number of benzene rings is 1. The minimum atomic E-state index is 0.152. The van der Waals surface area contributed by atoms with E-state index in [1.165, 1.54) is 5.56 Å². The first-order valence-corrected chi connectivity index (χ1v) is 6.83. The monoisotopic (exact) mass is 270 g/mol. The molecule has 0 saturated heterocycles. The predicted octanol–water partition coefficient (Wildman–Crippen LogP) is 2.19. The number of aromatic hydroxyl groups is 1. The molecule has 0 amide bonds. The fraction of sp³-hybridized carbons (Fsp3) is 0.312. The molecule has 0 bridgehead atoms. The van der Waals surface area contributed by atoms with Crippen molar-refractivity contribution in [3.63, 3.8) is 0 Å². The van der Waals surface area contributed by atoms with Gasteiger partial charge in [-0.1, -0.05) is 18.2 Å². The van der Waals surface area contributed by atoms with E-state index in [4.69, 9.17) is 4.74 Å². The smallest absolute Gasteiger partial charge is 0.138 e. The van der Waals surface area contributed by atoms with Crippen LogP contribution in [-0.2, 0) is 13.0 Å². The zero-order valence-electron chi connectivity index (χ0n) is 11.5. The van der Waals surface area contributed by atoms with Gasteiger partial charge < -0.3 is 15.2 Å². The Bertz CT molecular complexity index is 588. The lowest BCUT2D eigenvalue weighted by Gasteiger charge is -2.12. The van der Waals surface area contributed by atoms with E-state index in [1.54, 1.807) is 12.1 Å². The first kappa shape index (κ1) is 12.9. The van der Waals surface area contributed by atoms with Crippen LogP contribution in [0.1, 0.15) is 17.0 Å². The van der Waals surface area contributed by atoms with E-state index in [9.17, 15) is 5.11 Å². The van der Waals surface area contributed by atoms with Crippen molar-refractivity contribution in [3.05, 3.63) is 53.3 Å². The van der Waals surface area contributed by atoms with Gasteiger partial charge in [0.15, 0.2) is 0 Å². The second-order valence-electron chi connectivity index (χ2n) is 5.10. The minimum absolute atomic E-state index is 0.152. The Morgan fingerprint density at radius 1 is 1.30 bits per heavy atom. The third-order valence-electron chi connectivity index (χ3n) is 3.47. The molecule has 20 heavy (non-hydrogen) atoms. The van der Waals surface area contributed by atoms with Crippen LogP contribution in [0.5, 0.6) is 11.5 Å². The maximum Gasteiger partial charge on any atom is 0.138 e. The number of ether oxygens (including phenoxy) is 1. The molecule has 4 nitrogen and oxygen atoms in total. The van der Waals surface area contributed by atoms with E-state index in [0.717, 1.165) is 24.4 Å². The molecule has 0 radical (unpaired) electrons. The van der Waals surface area contributed by atoms with Crippen LogP contribution in [0.4, 0.5) is 0 Å². The summed E-state index contributed by atoms with van der Waals surface area (Å²) in [6.07, 6.45) is 1.08. The van der Waals surface area contributed by atoms with Crippen molar-refractivity contribution in [1.29, 1.82) is 0 Å². The summed E-state index contributed by atoms with van der Waals surface area (Å²) in [4.78, 5) is 4.32. The number of pyridine rings is 1. The lowest BCUT2D eigenvalue weighted by atomic mass is 10.1. The van der Waals surface area contributed by atoms with E-state index >= 15 is 0 Å². The van der Waals surface area contributed by atoms with Crippen LogP contribution < -0.4 is 10.1 Å². The number of rotatable bonds is 4. The van der Waals surface area contributed by atoms with Crippen LogP contribution in [0.15, 0.2) is 36.4 Å². The Kier molecular flexibility index (Phi) is 3.56. The number of nitrogens with zero attached hydrogens (tertiary/aromatic N) is 1. The fourth-order valence-electron chi connectivity index (χ4n) is 2.45. The molecule has 1 atom stereocenters. The summed E-state index contributed by atoms with van der Waals surface area (Å²) in [6, 6.07) is 11.6. The van der Waals surface area contributed by atoms with Gasteiger partial charge in [0, 0.05) is 25.2 Å². The molecule has 2 aromatic rings. The fourth-order valence-corrected chi connectivity index (χ4v) is 2.45. The summed E-state index contributed by atoms with van der Waals surface area (Å²) < 4.78 is 5.85. The van der Waals surface area contributed by atoms with E-state index in [-0.39, 0.29) is 11.9 Å². The third-order valence-corrected chi connectivity index (χ3v) is 3.47. The molecule has 3 rings (SSSR count). The minimum Gasteiger partial charge on any atom is -0.506 e. The van der Waals surface area contributed by atoms with Gasteiger partial charge in [0.05, 0.1) is 5.69 Å². The Labute approximate surface area is 118 Å². The van der Waals surface area contributed by atoms with Crippen molar-refractivity contribution in [2.45, 2.75) is 26.0 Å². The molecule has 1 aromatic heterocycles. The number of nitrogens with one attached hydrogen (secondary N) is 1. The first-order chi connectivity index (χ1) is 9.72. The van der Waals surface area contributed by atoms with Crippen LogP contribution in [-0.4, -0.2) is 22.7 Å². The molecule has 0 saturated carbocycles. The Hall–Kier alpha value is -2.07. The first-order valence-electron chi connectivity index (χ1n) is 6.83. The molecule has 0 aliphatic carbocycles. The second-order valence-corrected chi connectivity index (χ2v) is 5.10. The molecule has 1 unspecified atom stereocenters. The van der Waals surface area contributed by atoms with E-state index in [2.05, 4.69) is 16.4 Å². The molecule has 0 spiro atoms. The largest absolute Gasteiger partial charge is 0.506 e. The van der Waals surface area contributed by atoms with Gasteiger partial charge in [-0.05, 0) is 30.7 Å². The van der Waals surface area contributed by atoms with Crippen molar-refractivity contribution >= 4 is 0 Å². The summed E-state index contributed by atoms with van der Waals surface area (Å²) in [5.74, 6) is 1.22. The standard InChI is InChI=1S/C16H18N2O2/c1-11-6-7-15(19)14(18-11)10-17-9-13-8-12-4-2-3-5-16(12)20-13/h2-7,13,17,19H,8-10H2,1H3. The van der Waals surface area contributed by atoms with Crippen LogP contribution in [0, 0.1) is 6.92 Å². The lowest BCUT2D eigenvalue weighted by molar-refractivity contribution is 0.227. The zero-order chi connectivity index (χ0) is 13.9. The van der Waals surface area contributed by atoms with Crippen LogP contribution in [0.25, 0.3) is 0 Å². The number of aromatic nitrogens is 1. The molecule has 1 aliphatic heterocycles. The molecule has 1 aromatic carbocycles. The average Bonchev–Trinajstić information content (AvgIpc) is 2.85. The second kappa shape index (κ2) is 5.51. The Morgan fingerprint density at radius 2 is 2.15 bits per heavy atom. The highest BCUT2D eigenvalue weighted by Crippen LogP contribution is 2.27. The van der Waals surface area contributed by atoms with Gasteiger partial charge in [-0.25, -0.2) is 0 Å². The third kappa shape index (κ3) is 2.75. The van der Waals surface area contributed by atoms with Crippen molar-refractivity contribution < 1.29 is 9.84 Å². The molecule has 104 valence electrons. The predicted molar refractivity (Wildman–Crippen MR) is 76.9 cm³/mol. The number of hydrogen-bond acceptors (Lipinski definition) is 4. The molecular formula is C16H18N2O2. The molecule has 0 fully saturated rings. The SMILES string of the molecule is Cc1ccc(O)c(CNCC2Cc3ccccc3O2)n1. The van der Waals surface area contributed by atoms with Crippen LogP contribution in [0.3, 0.4) is 0 Å². The van der Waals surface area contributed by atoms with Gasteiger partial charge in [-0.3, -0.25) is 4.98 Å². The summed E-state index contributed by atoms with van der Waals surface area (Å²) in [5.41, 5.74) is 2.85. The van der Waals surface area contributed by atoms with Gasteiger partial charge in [0.25, 0.3) is 0 Å². The van der Waals surface area contributed by atoms with Crippen LogP contribution >= 0.6 is 0 Å². The Morgan fingerprint density at radius 3 is 3.00 bits per heavy atom. The quantitative estimate of drug-likeness (QED) is 0.894. The average molecular weight is 270 g/mol. The van der Waals surface area contributed by atoms with E-state index in [0.29, 0.717) is 12.2 Å². The summed E-state index contributed by atoms with van der Waals surface area (Å²) >= 11 is 0. The Balaban J connectivity index is 1.53. The molecular weight excluding hydrogens is 252 g/mol. The molecule has 4 heteroatoms. The highest BCUT2D eigenvalue weighted by Gasteiger charge is 2.21. The van der Waals surface area contributed by atoms with Gasteiger partial charge in [0.1, 0.15) is 17.6 Å². The zero-order valence-corrected chi connectivity index (χ0v) is 11.5. The van der Waals surface area contributed by atoms with E-state index in [1.807, 2.05) is 25.1 Å². The van der Waals surface area contributed by atoms with Gasteiger partial charge in [-0.15, -0.1) is 0 Å². The highest BCUT2D eigenvalue weighted by atomic mass is 16.5. The van der Waals surface area contributed by atoms with Crippen LogP contribution in [0.2, 0.25) is 0 Å². The summed E-state index contributed by atoms with van der Waals surface area (Å²) in [6.45, 7) is 3.20. The highest BCUT2D eigenvalue weighted by molar-refractivity contribution is 5.37. The summed E-state index contributed by atoms with van der Waals surface area (Å²) in [5, 5.41) is 13.0. The number of aryl methyl sites for hydroxylation is 1. The maximum absolute atomic E-state index is 9.74. The lowest BCUT2D eigenvalue weighted by Crippen LogP contribution is -2.30. The van der Waals surface area contributed by atoms with Crippen molar-refractivity contribution in [3.8, 4) is 11.5 Å². The normalized spacial score (nSPS) is 16.8. The van der Waals surface area contributed by atoms with Gasteiger partial charge in [-0.2, -0.15) is 0 Å². The number of fused-ring (bicyclic) bond motifs is 1. The molecule has 1 aliphatic rings. The topological polar surface area (TPSA) is 54.4 Å². The molecule has 2 heterocycles. The van der Waals surface area contributed by atoms with Crippen molar-refractivity contribution in [2.75, 3.05) is 6.54 Å². The van der Waals surface area contributed by atoms with Gasteiger partial charge in [0.2, 0.25) is 0 Å². The van der Waals surface area contributed by atoms with Gasteiger partial charge >= 0.3 is 0 Å². The van der Waals surface area contributed by atoms with E-state index < -0.39 is 0 Å². The maximum atomic E-state index is 9.74. The molecule has 2 N–H and O–H groups in total. The number of para-hydroxylation sites is 1.